The van der Waals surface area contributed by atoms with Crippen molar-refractivity contribution in [1.82, 2.24) is 5.32 Å². The standard InChI is InChI=1S/C12H18BrNO2.ClH/c1-4-15-11-7-9(8-14-3)6-10(13)12(11)16-5-2;/h6-7,14H,4-5,8H2,1-3H3;1H. The number of halogens is 2. The van der Waals surface area contributed by atoms with Gasteiger partial charge < -0.3 is 14.8 Å². The molecule has 17 heavy (non-hydrogen) atoms. The number of ether oxygens (including phenoxy) is 2. The van der Waals surface area contributed by atoms with E-state index in [-0.39, 0.29) is 12.4 Å². The zero-order chi connectivity index (χ0) is 12.0. The molecule has 0 aliphatic rings. The van der Waals surface area contributed by atoms with Gasteiger partial charge in [0.25, 0.3) is 0 Å². The Hall–Kier alpha value is -0.450. The third-order valence-corrected chi connectivity index (χ3v) is 2.63. The molecule has 0 fully saturated rings. The zero-order valence-corrected chi connectivity index (χ0v) is 12.8. The Balaban J connectivity index is 0.00000256. The molecule has 0 saturated heterocycles. The van der Waals surface area contributed by atoms with Gasteiger partial charge in [0.05, 0.1) is 17.7 Å². The number of benzene rings is 1. The van der Waals surface area contributed by atoms with Gasteiger partial charge in [0, 0.05) is 6.54 Å². The monoisotopic (exact) mass is 323 g/mol. The maximum absolute atomic E-state index is 5.57. The smallest absolute Gasteiger partial charge is 0.175 e. The first kappa shape index (κ1) is 16.6. The Morgan fingerprint density at radius 1 is 1.18 bits per heavy atom. The topological polar surface area (TPSA) is 30.5 Å². The van der Waals surface area contributed by atoms with E-state index in [9.17, 15) is 0 Å². The highest BCUT2D eigenvalue weighted by atomic mass is 79.9. The first-order valence-electron chi connectivity index (χ1n) is 5.45. The van der Waals surface area contributed by atoms with Crippen LogP contribution in [0.15, 0.2) is 16.6 Å². The van der Waals surface area contributed by atoms with Gasteiger partial charge in [-0.05, 0) is 54.5 Å². The molecule has 5 heteroatoms. The molecule has 0 spiro atoms. The summed E-state index contributed by atoms with van der Waals surface area (Å²) in [4.78, 5) is 0. The van der Waals surface area contributed by atoms with Crippen LogP contribution in [0.25, 0.3) is 0 Å². The maximum Gasteiger partial charge on any atom is 0.175 e. The van der Waals surface area contributed by atoms with E-state index in [1.807, 2.05) is 33.0 Å². The van der Waals surface area contributed by atoms with E-state index in [2.05, 4.69) is 21.2 Å². The lowest BCUT2D eigenvalue weighted by Gasteiger charge is -2.14. The fraction of sp³-hybridized carbons (Fsp3) is 0.500. The van der Waals surface area contributed by atoms with Crippen molar-refractivity contribution < 1.29 is 9.47 Å². The molecule has 0 saturated carbocycles. The molecule has 0 aromatic heterocycles. The minimum absolute atomic E-state index is 0. The highest BCUT2D eigenvalue weighted by molar-refractivity contribution is 9.10. The zero-order valence-electron chi connectivity index (χ0n) is 10.4. The van der Waals surface area contributed by atoms with Crippen molar-refractivity contribution in [2.45, 2.75) is 20.4 Å². The first-order valence-corrected chi connectivity index (χ1v) is 6.24. The lowest BCUT2D eigenvalue weighted by Crippen LogP contribution is -2.06. The van der Waals surface area contributed by atoms with Crippen molar-refractivity contribution in [2.75, 3.05) is 20.3 Å². The van der Waals surface area contributed by atoms with E-state index in [0.717, 1.165) is 22.5 Å². The third-order valence-electron chi connectivity index (χ3n) is 2.04. The van der Waals surface area contributed by atoms with Crippen molar-refractivity contribution in [3.63, 3.8) is 0 Å². The Morgan fingerprint density at radius 3 is 2.35 bits per heavy atom. The highest BCUT2D eigenvalue weighted by Crippen LogP contribution is 2.36. The second-order valence-electron chi connectivity index (χ2n) is 3.30. The van der Waals surface area contributed by atoms with Crippen LogP contribution in [0.1, 0.15) is 19.4 Å². The third kappa shape index (κ3) is 4.74. The van der Waals surface area contributed by atoms with Crippen LogP contribution in [0, 0.1) is 0 Å². The summed E-state index contributed by atoms with van der Waals surface area (Å²) in [6.07, 6.45) is 0. The van der Waals surface area contributed by atoms with Crippen LogP contribution in [-0.2, 0) is 6.54 Å². The lowest BCUT2D eigenvalue weighted by molar-refractivity contribution is 0.286. The van der Waals surface area contributed by atoms with Crippen LogP contribution in [0.4, 0.5) is 0 Å². The highest BCUT2D eigenvalue weighted by Gasteiger charge is 2.11. The van der Waals surface area contributed by atoms with Gasteiger partial charge in [-0.2, -0.15) is 0 Å². The molecule has 0 aliphatic heterocycles. The molecule has 0 radical (unpaired) electrons. The van der Waals surface area contributed by atoms with Crippen molar-refractivity contribution >= 4 is 28.3 Å². The van der Waals surface area contributed by atoms with Crippen LogP contribution >= 0.6 is 28.3 Å². The van der Waals surface area contributed by atoms with E-state index in [0.29, 0.717) is 13.2 Å². The molecule has 3 nitrogen and oxygen atoms in total. The Kier molecular flexibility index (Phi) is 8.39. The quantitative estimate of drug-likeness (QED) is 0.870. The van der Waals surface area contributed by atoms with Crippen LogP contribution in [0.3, 0.4) is 0 Å². The number of hydrogen-bond acceptors (Lipinski definition) is 3. The van der Waals surface area contributed by atoms with E-state index in [1.165, 1.54) is 5.56 Å². The van der Waals surface area contributed by atoms with Gasteiger partial charge in [0.2, 0.25) is 0 Å². The molecule has 98 valence electrons. The normalized spacial score (nSPS) is 9.65. The molecule has 1 N–H and O–H groups in total. The molecule has 0 atom stereocenters. The summed E-state index contributed by atoms with van der Waals surface area (Å²) in [5.41, 5.74) is 1.17. The molecule has 0 bridgehead atoms. The Labute approximate surface area is 117 Å². The van der Waals surface area contributed by atoms with Gasteiger partial charge in [0.15, 0.2) is 11.5 Å². The van der Waals surface area contributed by atoms with Crippen LogP contribution in [0.2, 0.25) is 0 Å². The van der Waals surface area contributed by atoms with Gasteiger partial charge in [-0.1, -0.05) is 0 Å². The van der Waals surface area contributed by atoms with Gasteiger partial charge >= 0.3 is 0 Å². The molecule has 0 unspecified atom stereocenters. The largest absolute Gasteiger partial charge is 0.490 e. The molecule has 0 heterocycles. The van der Waals surface area contributed by atoms with Crippen LogP contribution in [-0.4, -0.2) is 20.3 Å². The average Bonchev–Trinajstić information content (AvgIpc) is 2.24. The molecular formula is C12H19BrClNO2. The Bertz CT molecular complexity index is 348. The first-order chi connectivity index (χ1) is 7.72. The number of hydrogen-bond donors (Lipinski definition) is 1. The molecule has 0 aliphatic carbocycles. The summed E-state index contributed by atoms with van der Waals surface area (Å²) in [5.74, 6) is 1.58. The summed E-state index contributed by atoms with van der Waals surface area (Å²) in [7, 11) is 1.92. The minimum Gasteiger partial charge on any atom is -0.490 e. The van der Waals surface area contributed by atoms with E-state index in [1.54, 1.807) is 0 Å². The van der Waals surface area contributed by atoms with Gasteiger partial charge in [0.1, 0.15) is 0 Å². The second kappa shape index (κ2) is 8.61. The molecule has 0 amide bonds. The Morgan fingerprint density at radius 2 is 1.82 bits per heavy atom. The fourth-order valence-corrected chi connectivity index (χ4v) is 2.08. The van der Waals surface area contributed by atoms with E-state index >= 15 is 0 Å². The van der Waals surface area contributed by atoms with E-state index in [4.69, 9.17) is 9.47 Å². The minimum atomic E-state index is 0. The van der Waals surface area contributed by atoms with Crippen LogP contribution in [0.5, 0.6) is 11.5 Å². The van der Waals surface area contributed by atoms with Crippen molar-refractivity contribution in [3.8, 4) is 11.5 Å². The summed E-state index contributed by atoms with van der Waals surface area (Å²) in [5, 5.41) is 3.11. The lowest BCUT2D eigenvalue weighted by atomic mass is 10.2. The molecule has 1 aromatic carbocycles. The maximum atomic E-state index is 5.57. The predicted molar refractivity (Wildman–Crippen MR) is 76.5 cm³/mol. The van der Waals surface area contributed by atoms with Crippen molar-refractivity contribution in [1.29, 1.82) is 0 Å². The second-order valence-corrected chi connectivity index (χ2v) is 4.16. The van der Waals surface area contributed by atoms with Gasteiger partial charge in [-0.3, -0.25) is 0 Å². The average molecular weight is 325 g/mol. The van der Waals surface area contributed by atoms with Gasteiger partial charge in [-0.25, -0.2) is 0 Å². The SMILES string of the molecule is CCOc1cc(CNC)cc(Br)c1OCC.Cl. The van der Waals surface area contributed by atoms with E-state index < -0.39 is 0 Å². The van der Waals surface area contributed by atoms with Gasteiger partial charge in [-0.15, -0.1) is 12.4 Å². The summed E-state index contributed by atoms with van der Waals surface area (Å²) < 4.78 is 12.1. The van der Waals surface area contributed by atoms with Crippen LogP contribution < -0.4 is 14.8 Å². The summed E-state index contributed by atoms with van der Waals surface area (Å²) >= 11 is 3.51. The number of nitrogens with one attached hydrogen (secondary N) is 1. The van der Waals surface area contributed by atoms with Crippen molar-refractivity contribution in [2.24, 2.45) is 0 Å². The summed E-state index contributed by atoms with van der Waals surface area (Å²) in [6.45, 7) is 6.00. The molecule has 1 rings (SSSR count). The molecular weight excluding hydrogens is 305 g/mol. The summed E-state index contributed by atoms with van der Waals surface area (Å²) in [6, 6.07) is 4.06. The predicted octanol–water partition coefficient (Wildman–Crippen LogP) is 3.39. The fourth-order valence-electron chi connectivity index (χ4n) is 1.47. The van der Waals surface area contributed by atoms with Crippen molar-refractivity contribution in [3.05, 3.63) is 22.2 Å². The number of rotatable bonds is 6. The molecule has 1 aromatic rings.